The first kappa shape index (κ1) is 26.4. The number of nitrogens with zero attached hydrogens (tertiary/aromatic N) is 1. The van der Waals surface area contributed by atoms with Gasteiger partial charge < -0.3 is 25.0 Å². The Morgan fingerprint density at radius 2 is 1.79 bits per heavy atom. The zero-order valence-electron chi connectivity index (χ0n) is 21.7. The summed E-state index contributed by atoms with van der Waals surface area (Å²) in [6.07, 6.45) is 1.44. The van der Waals surface area contributed by atoms with Gasteiger partial charge in [0.05, 0.1) is 20.2 Å². The van der Waals surface area contributed by atoms with Gasteiger partial charge in [-0.2, -0.15) is 0 Å². The highest BCUT2D eigenvalue weighted by Crippen LogP contribution is 2.59. The second kappa shape index (κ2) is 10.9. The van der Waals surface area contributed by atoms with Gasteiger partial charge >= 0.3 is 0 Å². The highest BCUT2D eigenvalue weighted by atomic mass is 32.1. The molecule has 2 fully saturated rings. The molecule has 0 spiro atoms. The molecule has 3 amide bonds. The second-order valence-corrected chi connectivity index (χ2v) is 11.1. The van der Waals surface area contributed by atoms with Crippen LogP contribution in [0.2, 0.25) is 0 Å². The number of amides is 3. The van der Waals surface area contributed by atoms with Crippen LogP contribution in [0.4, 0.5) is 0 Å². The molecule has 3 aromatic rings. The fourth-order valence-electron chi connectivity index (χ4n) is 5.04. The molecule has 1 aliphatic carbocycles. The van der Waals surface area contributed by atoms with Gasteiger partial charge in [0.1, 0.15) is 17.5 Å². The summed E-state index contributed by atoms with van der Waals surface area (Å²) in [6.45, 7) is 2.19. The number of piperidine rings is 1. The van der Waals surface area contributed by atoms with Crippen LogP contribution in [0.25, 0.3) is 0 Å². The van der Waals surface area contributed by atoms with E-state index < -0.39 is 11.9 Å². The molecule has 5 rings (SSSR count). The maximum absolute atomic E-state index is 13.2. The van der Waals surface area contributed by atoms with E-state index in [1.165, 1.54) is 18.4 Å². The molecule has 10 heteroatoms. The van der Waals surface area contributed by atoms with Gasteiger partial charge in [0.15, 0.2) is 0 Å². The fourth-order valence-corrected chi connectivity index (χ4v) is 5.84. The fraction of sp³-hybridized carbons (Fsp3) is 0.310. The average molecular weight is 547 g/mol. The number of carbonyl (C=O) groups excluding carboxylic acids is 3. The van der Waals surface area contributed by atoms with Crippen molar-refractivity contribution in [2.24, 2.45) is 5.41 Å². The van der Waals surface area contributed by atoms with Gasteiger partial charge in [0.2, 0.25) is 17.7 Å². The zero-order chi connectivity index (χ0) is 27.6. The molecule has 39 heavy (non-hydrogen) atoms. The maximum atomic E-state index is 13.2. The Labute approximate surface area is 230 Å². The number of ether oxygens (including phenoxy) is 2. The van der Waals surface area contributed by atoms with Crippen molar-refractivity contribution in [2.45, 2.75) is 38.4 Å². The Morgan fingerprint density at radius 3 is 2.56 bits per heavy atom. The van der Waals surface area contributed by atoms with E-state index in [0.717, 1.165) is 11.3 Å². The molecule has 1 saturated carbocycles. The Hall–Kier alpha value is -4.18. The monoisotopic (exact) mass is 546 g/mol. The number of thiophene rings is 1. The Kier molecular flexibility index (Phi) is 7.38. The van der Waals surface area contributed by atoms with Crippen molar-refractivity contribution in [1.82, 2.24) is 15.5 Å². The first-order chi connectivity index (χ1) is 18.8. The number of hydrogen-bond acceptors (Lipinski definition) is 7. The van der Waals surface area contributed by atoms with Gasteiger partial charge in [0.25, 0.3) is 5.91 Å². The van der Waals surface area contributed by atoms with Crippen molar-refractivity contribution < 1.29 is 23.9 Å². The van der Waals surface area contributed by atoms with Crippen LogP contribution < -0.4 is 15.4 Å². The first-order valence-corrected chi connectivity index (χ1v) is 13.6. The molecule has 3 N–H and O–H groups in total. The first-order valence-electron chi connectivity index (χ1n) is 12.7. The third-order valence-corrected chi connectivity index (χ3v) is 8.19. The van der Waals surface area contributed by atoms with Crippen LogP contribution in [0.3, 0.4) is 0 Å². The third kappa shape index (κ3) is 5.80. The number of fused-ring (bicyclic) bond motifs is 1. The maximum Gasteiger partial charge on any atom is 0.251 e. The van der Waals surface area contributed by atoms with Gasteiger partial charge in [-0.05, 0) is 54.7 Å². The Balaban J connectivity index is 1.18. The normalized spacial score (nSPS) is 21.0. The van der Waals surface area contributed by atoms with Crippen molar-refractivity contribution in [3.63, 3.8) is 0 Å². The van der Waals surface area contributed by atoms with E-state index in [-0.39, 0.29) is 35.7 Å². The minimum atomic E-state index is -0.586. The molecule has 1 aliphatic heterocycles. The number of nitrogens with one attached hydrogen (secondary N) is 3. The summed E-state index contributed by atoms with van der Waals surface area (Å²) in [5.41, 5.74) is 0.959. The van der Waals surface area contributed by atoms with Gasteiger partial charge in [-0.1, -0.05) is 31.2 Å². The SMILES string of the molecule is COC(=N)c1csc(CNC(=O)[C@@H]2C[C@]3(C)C[C@@H]3N2C(=O)CNC(=O)c2cccc(Oc3ccccc3)c2)c1. The molecule has 3 atom stereocenters. The Bertz CT molecular complexity index is 1410. The smallest absolute Gasteiger partial charge is 0.251 e. The summed E-state index contributed by atoms with van der Waals surface area (Å²) in [4.78, 5) is 41.7. The van der Waals surface area contributed by atoms with E-state index >= 15 is 0 Å². The molecule has 2 aromatic carbocycles. The van der Waals surface area contributed by atoms with E-state index in [1.807, 2.05) is 36.4 Å². The molecule has 0 bridgehead atoms. The summed E-state index contributed by atoms with van der Waals surface area (Å²) in [7, 11) is 1.44. The number of carbonyl (C=O) groups is 3. The minimum absolute atomic E-state index is 0.00392. The third-order valence-electron chi connectivity index (χ3n) is 7.26. The van der Waals surface area contributed by atoms with Gasteiger partial charge in [-0.25, -0.2) is 0 Å². The van der Waals surface area contributed by atoms with Crippen molar-refractivity contribution >= 4 is 35.0 Å². The lowest BCUT2D eigenvalue weighted by Gasteiger charge is -2.27. The van der Waals surface area contributed by atoms with Crippen molar-refractivity contribution in [1.29, 1.82) is 5.41 Å². The lowest BCUT2D eigenvalue weighted by atomic mass is 10.0. The Morgan fingerprint density at radius 1 is 1.03 bits per heavy atom. The molecule has 2 heterocycles. The number of likely N-dealkylation sites (tertiary alicyclic amines) is 1. The van der Waals surface area contributed by atoms with Crippen LogP contribution in [0, 0.1) is 10.8 Å². The molecular formula is C29H30N4O5S. The molecule has 0 radical (unpaired) electrons. The zero-order valence-corrected chi connectivity index (χ0v) is 22.5. The predicted molar refractivity (Wildman–Crippen MR) is 147 cm³/mol. The van der Waals surface area contributed by atoms with Crippen LogP contribution in [-0.2, 0) is 20.9 Å². The largest absolute Gasteiger partial charge is 0.481 e. The van der Waals surface area contributed by atoms with E-state index in [0.29, 0.717) is 35.6 Å². The molecule has 9 nitrogen and oxygen atoms in total. The number of hydrogen-bond donors (Lipinski definition) is 3. The van der Waals surface area contributed by atoms with Crippen LogP contribution >= 0.6 is 11.3 Å². The molecule has 0 unspecified atom stereocenters. The molecule has 202 valence electrons. The van der Waals surface area contributed by atoms with Crippen LogP contribution in [0.1, 0.15) is 40.6 Å². The number of methoxy groups -OCH3 is 1. The average Bonchev–Trinajstić information content (AvgIpc) is 3.26. The number of benzene rings is 2. The standard InChI is InChI=1S/C29H30N4O5S/c1-29-13-23(28(36)31-15-22-12-19(17-39-22)26(30)37-2)33(24(29)14-29)25(34)16-32-27(35)18-7-6-10-21(11-18)38-20-8-4-3-5-9-20/h3-12,17,23-24,30H,13-16H2,1-2H3,(H,31,36)(H,32,35)/t23-,24-,29+/m0/s1. The summed E-state index contributed by atoms with van der Waals surface area (Å²) < 4.78 is 10.7. The van der Waals surface area contributed by atoms with Crippen molar-refractivity contribution in [3.05, 3.63) is 82.0 Å². The van der Waals surface area contributed by atoms with Crippen LogP contribution in [-0.4, -0.2) is 54.3 Å². The van der Waals surface area contributed by atoms with Crippen LogP contribution in [0.15, 0.2) is 66.0 Å². The highest BCUT2D eigenvalue weighted by molar-refractivity contribution is 7.10. The quantitative estimate of drug-likeness (QED) is 0.277. The minimum Gasteiger partial charge on any atom is -0.481 e. The van der Waals surface area contributed by atoms with Crippen molar-refractivity contribution in [3.8, 4) is 11.5 Å². The van der Waals surface area contributed by atoms with E-state index in [9.17, 15) is 14.4 Å². The molecule has 1 aromatic heterocycles. The number of para-hydroxylation sites is 1. The second-order valence-electron chi connectivity index (χ2n) is 10.1. The summed E-state index contributed by atoms with van der Waals surface area (Å²) in [5, 5.41) is 15.2. The number of rotatable bonds is 9. The van der Waals surface area contributed by atoms with Gasteiger partial charge in [0, 0.05) is 27.4 Å². The van der Waals surface area contributed by atoms with Crippen LogP contribution in [0.5, 0.6) is 11.5 Å². The van der Waals surface area contributed by atoms with E-state index in [4.69, 9.17) is 14.9 Å². The van der Waals surface area contributed by atoms with E-state index in [1.54, 1.807) is 34.5 Å². The summed E-state index contributed by atoms with van der Waals surface area (Å²) in [6, 6.07) is 17.2. The lowest BCUT2D eigenvalue weighted by Crippen LogP contribution is -2.50. The molecule has 2 aliphatic rings. The summed E-state index contributed by atoms with van der Waals surface area (Å²) in [5.74, 6) is 0.355. The molecule has 1 saturated heterocycles. The highest BCUT2D eigenvalue weighted by Gasteiger charge is 2.64. The summed E-state index contributed by atoms with van der Waals surface area (Å²) >= 11 is 1.43. The lowest BCUT2D eigenvalue weighted by molar-refractivity contribution is -0.139. The molecular weight excluding hydrogens is 516 g/mol. The topological polar surface area (TPSA) is 121 Å². The van der Waals surface area contributed by atoms with Gasteiger partial charge in [-0.3, -0.25) is 19.8 Å². The van der Waals surface area contributed by atoms with E-state index in [2.05, 4.69) is 17.6 Å². The van der Waals surface area contributed by atoms with Crippen molar-refractivity contribution in [2.75, 3.05) is 13.7 Å². The van der Waals surface area contributed by atoms with Gasteiger partial charge in [-0.15, -0.1) is 11.3 Å². The predicted octanol–water partition coefficient (Wildman–Crippen LogP) is 3.94.